The fraction of sp³-hybridized carbons (Fsp3) is 0.250. The molecule has 3 N–H and O–H groups in total. The Kier molecular flexibility index (Phi) is 5.19. The van der Waals surface area contributed by atoms with Gasteiger partial charge in [-0.2, -0.15) is 0 Å². The Morgan fingerprint density at radius 3 is 2.64 bits per heavy atom. The van der Waals surface area contributed by atoms with E-state index in [-0.39, 0.29) is 0 Å². The maximum Gasteiger partial charge on any atom is 0.411 e. The maximum atomic E-state index is 11.9. The molecule has 0 spiro atoms. The van der Waals surface area contributed by atoms with Crippen LogP contribution in [0.3, 0.4) is 0 Å². The number of carboxylic acid groups (broad SMARTS) is 1. The zero-order valence-corrected chi connectivity index (χ0v) is 12.3. The zero-order chi connectivity index (χ0) is 15.9. The number of nitrogens with one attached hydrogen (secondary N) is 2. The van der Waals surface area contributed by atoms with Gasteiger partial charge in [0.1, 0.15) is 0 Å². The van der Waals surface area contributed by atoms with Crippen molar-refractivity contribution in [3.63, 3.8) is 0 Å². The molecule has 0 unspecified atom stereocenters. The normalized spacial score (nSPS) is 10.2. The Bertz CT molecular complexity index is 685. The van der Waals surface area contributed by atoms with Crippen molar-refractivity contribution >= 4 is 34.3 Å². The van der Waals surface area contributed by atoms with Crippen LogP contribution in [-0.4, -0.2) is 23.9 Å². The summed E-state index contributed by atoms with van der Waals surface area (Å²) >= 11 is 0. The fourth-order valence-electron chi connectivity index (χ4n) is 2.07. The Labute approximate surface area is 128 Å². The van der Waals surface area contributed by atoms with E-state index in [1.807, 2.05) is 31.2 Å². The highest BCUT2D eigenvalue weighted by Crippen LogP contribution is 2.31. The van der Waals surface area contributed by atoms with Crippen LogP contribution in [0.2, 0.25) is 0 Å². The number of anilines is 2. The molecule has 0 saturated heterocycles. The molecule has 0 aliphatic heterocycles. The van der Waals surface area contributed by atoms with Crippen molar-refractivity contribution in [2.75, 3.05) is 17.2 Å². The monoisotopic (exact) mass is 302 g/mol. The third-order valence-electron chi connectivity index (χ3n) is 3.13. The molecule has 2 amide bonds. The van der Waals surface area contributed by atoms with Crippen molar-refractivity contribution in [2.24, 2.45) is 0 Å². The summed E-state index contributed by atoms with van der Waals surface area (Å²) < 4.78 is 5.07. The Morgan fingerprint density at radius 1 is 1.14 bits per heavy atom. The second kappa shape index (κ2) is 7.31. The predicted octanol–water partition coefficient (Wildman–Crippen LogP) is 4.28. The minimum atomic E-state index is -1.20. The van der Waals surface area contributed by atoms with E-state index in [0.29, 0.717) is 18.0 Å². The summed E-state index contributed by atoms with van der Waals surface area (Å²) in [5, 5.41) is 15.5. The van der Waals surface area contributed by atoms with Crippen LogP contribution in [0.25, 0.3) is 10.8 Å². The van der Waals surface area contributed by atoms with Crippen LogP contribution < -0.4 is 10.6 Å². The number of hydrogen-bond acceptors (Lipinski definition) is 3. The van der Waals surface area contributed by atoms with Gasteiger partial charge >= 0.3 is 12.2 Å². The molecule has 0 fully saturated rings. The van der Waals surface area contributed by atoms with Gasteiger partial charge in [-0.3, -0.25) is 10.6 Å². The van der Waals surface area contributed by atoms with Crippen LogP contribution in [0.5, 0.6) is 0 Å². The summed E-state index contributed by atoms with van der Waals surface area (Å²) in [6.45, 7) is 2.33. The predicted molar refractivity (Wildman–Crippen MR) is 85.5 cm³/mol. The van der Waals surface area contributed by atoms with Gasteiger partial charge in [-0.1, -0.05) is 43.7 Å². The minimum absolute atomic E-state index is 0.304. The summed E-state index contributed by atoms with van der Waals surface area (Å²) in [7, 11) is 0. The molecule has 6 heteroatoms. The molecule has 116 valence electrons. The van der Waals surface area contributed by atoms with E-state index in [4.69, 9.17) is 9.84 Å². The quantitative estimate of drug-likeness (QED) is 0.719. The summed E-state index contributed by atoms with van der Waals surface area (Å²) in [4.78, 5) is 22.8. The summed E-state index contributed by atoms with van der Waals surface area (Å²) in [6, 6.07) is 10.8. The van der Waals surface area contributed by atoms with Gasteiger partial charge in [0.05, 0.1) is 18.0 Å². The van der Waals surface area contributed by atoms with Gasteiger partial charge in [-0.05, 0) is 17.9 Å². The minimum Gasteiger partial charge on any atom is -0.465 e. The highest BCUT2D eigenvalue weighted by Gasteiger charge is 2.13. The van der Waals surface area contributed by atoms with Crippen molar-refractivity contribution in [1.82, 2.24) is 0 Å². The van der Waals surface area contributed by atoms with E-state index >= 15 is 0 Å². The molecule has 6 nitrogen and oxygen atoms in total. The molecule has 0 radical (unpaired) electrons. The van der Waals surface area contributed by atoms with Crippen LogP contribution in [0.4, 0.5) is 21.0 Å². The maximum absolute atomic E-state index is 11.9. The molecule has 0 saturated carbocycles. The highest BCUT2D eigenvalue weighted by molar-refractivity contribution is 6.07. The number of fused-ring (bicyclic) bond motifs is 1. The number of hydrogen-bond donors (Lipinski definition) is 3. The first-order chi connectivity index (χ1) is 10.6. The molecule has 2 aromatic carbocycles. The molecule has 22 heavy (non-hydrogen) atoms. The number of unbranched alkanes of at least 4 members (excludes halogenated alkanes) is 1. The van der Waals surface area contributed by atoms with Crippen molar-refractivity contribution < 1.29 is 19.4 Å². The van der Waals surface area contributed by atoms with Crippen molar-refractivity contribution in [1.29, 1.82) is 0 Å². The van der Waals surface area contributed by atoms with E-state index in [1.165, 1.54) is 0 Å². The van der Waals surface area contributed by atoms with Crippen molar-refractivity contribution in [2.45, 2.75) is 19.8 Å². The third kappa shape index (κ3) is 3.88. The van der Waals surface area contributed by atoms with Crippen LogP contribution in [0.15, 0.2) is 36.4 Å². The second-order valence-corrected chi connectivity index (χ2v) is 4.75. The lowest BCUT2D eigenvalue weighted by Crippen LogP contribution is -2.17. The van der Waals surface area contributed by atoms with E-state index < -0.39 is 12.2 Å². The lowest BCUT2D eigenvalue weighted by atomic mass is 10.1. The van der Waals surface area contributed by atoms with Gasteiger partial charge in [-0.15, -0.1) is 0 Å². The third-order valence-corrected chi connectivity index (χ3v) is 3.13. The number of ether oxygens (including phenoxy) is 1. The SMILES string of the molecule is CCCCOC(=O)Nc1c(NC(=O)O)ccc2ccccc12. The molecule has 0 heterocycles. The topological polar surface area (TPSA) is 87.7 Å². The van der Waals surface area contributed by atoms with Gasteiger partial charge in [0.25, 0.3) is 0 Å². The molecule has 0 atom stereocenters. The Balaban J connectivity index is 2.31. The molecule has 2 rings (SSSR count). The first kappa shape index (κ1) is 15.6. The lowest BCUT2D eigenvalue weighted by molar-refractivity contribution is 0.160. The average Bonchev–Trinajstić information content (AvgIpc) is 2.49. The molecule has 0 bridgehead atoms. The highest BCUT2D eigenvalue weighted by atomic mass is 16.5. The fourth-order valence-corrected chi connectivity index (χ4v) is 2.07. The largest absolute Gasteiger partial charge is 0.465 e. The van der Waals surface area contributed by atoms with Crippen molar-refractivity contribution in [3.05, 3.63) is 36.4 Å². The molecular weight excluding hydrogens is 284 g/mol. The number of amides is 2. The van der Waals surface area contributed by atoms with E-state index in [1.54, 1.807) is 12.1 Å². The summed E-state index contributed by atoms with van der Waals surface area (Å²) in [6.07, 6.45) is -0.0905. The average molecular weight is 302 g/mol. The molecular formula is C16H18N2O4. The van der Waals surface area contributed by atoms with Crippen LogP contribution >= 0.6 is 0 Å². The Hall–Kier alpha value is -2.76. The van der Waals surface area contributed by atoms with Gasteiger partial charge in [0.15, 0.2) is 0 Å². The smallest absolute Gasteiger partial charge is 0.411 e. The summed E-state index contributed by atoms with van der Waals surface area (Å²) in [5.74, 6) is 0. The molecule has 0 aromatic heterocycles. The molecule has 2 aromatic rings. The van der Waals surface area contributed by atoms with Crippen LogP contribution in [0, 0.1) is 0 Å². The van der Waals surface area contributed by atoms with Crippen molar-refractivity contribution in [3.8, 4) is 0 Å². The Morgan fingerprint density at radius 2 is 1.91 bits per heavy atom. The van der Waals surface area contributed by atoms with Crippen LogP contribution in [-0.2, 0) is 4.74 Å². The molecule has 0 aliphatic rings. The first-order valence-electron chi connectivity index (χ1n) is 7.07. The number of benzene rings is 2. The second-order valence-electron chi connectivity index (χ2n) is 4.75. The van der Waals surface area contributed by atoms with Gasteiger partial charge in [0.2, 0.25) is 0 Å². The standard InChI is InChI=1S/C16H18N2O4/c1-2-3-10-22-16(21)18-14-12-7-5-4-6-11(12)8-9-13(14)17-15(19)20/h4-9,17H,2-3,10H2,1H3,(H,18,21)(H,19,20). The number of carbonyl (C=O) groups excluding carboxylic acids is 1. The van der Waals surface area contributed by atoms with Gasteiger partial charge in [0, 0.05) is 5.39 Å². The van der Waals surface area contributed by atoms with E-state index in [0.717, 1.165) is 23.6 Å². The van der Waals surface area contributed by atoms with Gasteiger partial charge < -0.3 is 9.84 Å². The van der Waals surface area contributed by atoms with Crippen LogP contribution in [0.1, 0.15) is 19.8 Å². The zero-order valence-electron chi connectivity index (χ0n) is 12.3. The lowest BCUT2D eigenvalue weighted by Gasteiger charge is -2.14. The number of rotatable bonds is 5. The summed E-state index contributed by atoms with van der Waals surface area (Å²) in [5.41, 5.74) is 0.695. The molecule has 0 aliphatic carbocycles. The first-order valence-corrected chi connectivity index (χ1v) is 7.07. The van der Waals surface area contributed by atoms with E-state index in [9.17, 15) is 9.59 Å². The van der Waals surface area contributed by atoms with Gasteiger partial charge in [-0.25, -0.2) is 9.59 Å². The van der Waals surface area contributed by atoms with E-state index in [2.05, 4.69) is 10.6 Å². The number of carbonyl (C=O) groups is 2.